The number of hydrogen-bond donors (Lipinski definition) is 1. The number of ether oxygens (including phenoxy) is 1. The summed E-state index contributed by atoms with van der Waals surface area (Å²) in [6.07, 6.45) is 0.680. The van der Waals surface area contributed by atoms with Gasteiger partial charge in [0.15, 0.2) is 0 Å². The van der Waals surface area contributed by atoms with E-state index in [1.54, 1.807) is 18.2 Å². The van der Waals surface area contributed by atoms with E-state index in [0.717, 1.165) is 6.42 Å². The van der Waals surface area contributed by atoms with Gasteiger partial charge in [0.2, 0.25) is 0 Å². The third-order valence-corrected chi connectivity index (χ3v) is 2.26. The van der Waals surface area contributed by atoms with Crippen molar-refractivity contribution in [1.82, 2.24) is 0 Å². The highest BCUT2D eigenvalue weighted by Crippen LogP contribution is 2.17. The first-order valence-electron chi connectivity index (χ1n) is 4.80. The predicted octanol–water partition coefficient (Wildman–Crippen LogP) is 2.88. The molecule has 0 aliphatic carbocycles. The van der Waals surface area contributed by atoms with E-state index in [1.165, 1.54) is 0 Å². The number of carbonyl (C=O) groups excluding carboxylic acids is 1. The molecule has 1 unspecified atom stereocenters. The summed E-state index contributed by atoms with van der Waals surface area (Å²) in [5.74, 6) is -0.390. The van der Waals surface area contributed by atoms with Gasteiger partial charge in [-0.25, -0.2) is 4.79 Å². The van der Waals surface area contributed by atoms with Crippen LogP contribution < -0.4 is 5.73 Å². The third-order valence-electron chi connectivity index (χ3n) is 2.04. The molecule has 2 N–H and O–H groups in total. The minimum Gasteiger partial charge on any atom is -0.459 e. The van der Waals surface area contributed by atoms with Gasteiger partial charge < -0.3 is 10.5 Å². The molecule has 0 bridgehead atoms. The maximum Gasteiger partial charge on any atom is 0.338 e. The molecule has 3 nitrogen and oxygen atoms in total. The average molecular weight is 228 g/mol. The zero-order valence-corrected chi connectivity index (χ0v) is 9.54. The minimum absolute atomic E-state index is 0.0993. The number of halogens is 1. The number of rotatable bonds is 3. The average Bonchev–Trinajstić information content (AvgIpc) is 2.16. The highest BCUT2D eigenvalue weighted by Gasteiger charge is 2.11. The fourth-order valence-electron chi connectivity index (χ4n) is 1.06. The van der Waals surface area contributed by atoms with E-state index in [2.05, 4.69) is 0 Å². The van der Waals surface area contributed by atoms with Gasteiger partial charge >= 0.3 is 5.97 Å². The van der Waals surface area contributed by atoms with E-state index < -0.39 is 5.97 Å². The van der Waals surface area contributed by atoms with Crippen molar-refractivity contribution in [3.05, 3.63) is 28.8 Å². The van der Waals surface area contributed by atoms with Gasteiger partial charge in [0.1, 0.15) is 0 Å². The van der Waals surface area contributed by atoms with Gasteiger partial charge in [-0.1, -0.05) is 18.5 Å². The fourth-order valence-corrected chi connectivity index (χ4v) is 1.31. The quantitative estimate of drug-likeness (QED) is 0.638. The Balaban J connectivity index is 2.82. The van der Waals surface area contributed by atoms with Crippen LogP contribution in [0.25, 0.3) is 0 Å². The normalized spacial score (nSPS) is 12.2. The number of hydrogen-bond acceptors (Lipinski definition) is 3. The summed E-state index contributed by atoms with van der Waals surface area (Å²) < 4.78 is 5.14. The molecule has 15 heavy (non-hydrogen) atoms. The van der Waals surface area contributed by atoms with Crippen LogP contribution in [-0.2, 0) is 4.74 Å². The van der Waals surface area contributed by atoms with E-state index in [9.17, 15) is 4.79 Å². The van der Waals surface area contributed by atoms with Crippen molar-refractivity contribution in [3.8, 4) is 0 Å². The lowest BCUT2D eigenvalue weighted by molar-refractivity contribution is 0.0334. The summed E-state index contributed by atoms with van der Waals surface area (Å²) >= 11 is 5.78. The topological polar surface area (TPSA) is 52.3 Å². The monoisotopic (exact) mass is 227 g/mol. The zero-order valence-electron chi connectivity index (χ0n) is 8.79. The minimum atomic E-state index is -0.390. The van der Waals surface area contributed by atoms with Crippen LogP contribution in [0.15, 0.2) is 18.2 Å². The SMILES string of the molecule is CCC(C)OC(=O)c1cc(N)cc(Cl)c1. The van der Waals surface area contributed by atoms with Crippen molar-refractivity contribution in [1.29, 1.82) is 0 Å². The Morgan fingerprint density at radius 3 is 2.73 bits per heavy atom. The van der Waals surface area contributed by atoms with Crippen LogP contribution in [0.5, 0.6) is 0 Å². The predicted molar refractivity (Wildman–Crippen MR) is 61.0 cm³/mol. The molecule has 0 heterocycles. The van der Waals surface area contributed by atoms with Crippen molar-refractivity contribution < 1.29 is 9.53 Å². The summed E-state index contributed by atoms with van der Waals surface area (Å²) in [6.45, 7) is 3.79. The molecular weight excluding hydrogens is 214 g/mol. The fraction of sp³-hybridized carbons (Fsp3) is 0.364. The molecule has 0 fully saturated rings. The van der Waals surface area contributed by atoms with E-state index in [4.69, 9.17) is 22.1 Å². The van der Waals surface area contributed by atoms with Crippen molar-refractivity contribution in [2.75, 3.05) is 5.73 Å². The second-order valence-corrected chi connectivity index (χ2v) is 3.83. The first-order chi connectivity index (χ1) is 7.02. The molecule has 0 radical (unpaired) electrons. The summed E-state index contributed by atoms with van der Waals surface area (Å²) in [6, 6.07) is 4.68. The van der Waals surface area contributed by atoms with Gasteiger partial charge in [-0.2, -0.15) is 0 Å². The first-order valence-corrected chi connectivity index (χ1v) is 5.17. The molecule has 0 saturated heterocycles. The van der Waals surface area contributed by atoms with Crippen molar-refractivity contribution in [2.45, 2.75) is 26.4 Å². The Morgan fingerprint density at radius 2 is 2.20 bits per heavy atom. The molecule has 4 heteroatoms. The lowest BCUT2D eigenvalue weighted by Gasteiger charge is -2.11. The van der Waals surface area contributed by atoms with Crippen LogP contribution in [0.4, 0.5) is 5.69 Å². The molecule has 0 aliphatic heterocycles. The number of carbonyl (C=O) groups is 1. The highest BCUT2D eigenvalue weighted by atomic mass is 35.5. The standard InChI is InChI=1S/C11H14ClNO2/c1-3-7(2)15-11(14)8-4-9(12)6-10(13)5-8/h4-7H,3,13H2,1-2H3. The van der Waals surface area contributed by atoms with E-state index in [0.29, 0.717) is 16.3 Å². The van der Waals surface area contributed by atoms with Crippen molar-refractivity contribution >= 4 is 23.3 Å². The lowest BCUT2D eigenvalue weighted by atomic mass is 10.2. The Bertz CT molecular complexity index is 345. The van der Waals surface area contributed by atoms with Crippen LogP contribution in [-0.4, -0.2) is 12.1 Å². The molecule has 0 aromatic heterocycles. The number of anilines is 1. The van der Waals surface area contributed by atoms with E-state index >= 15 is 0 Å². The molecule has 0 spiro atoms. The second-order valence-electron chi connectivity index (χ2n) is 3.40. The maximum absolute atomic E-state index is 11.6. The third kappa shape index (κ3) is 3.44. The molecule has 0 amide bonds. The summed E-state index contributed by atoms with van der Waals surface area (Å²) in [5.41, 5.74) is 6.41. The Morgan fingerprint density at radius 1 is 1.53 bits per heavy atom. The molecular formula is C11H14ClNO2. The number of nitrogens with two attached hydrogens (primary N) is 1. The smallest absolute Gasteiger partial charge is 0.338 e. The van der Waals surface area contributed by atoms with Crippen LogP contribution in [0.2, 0.25) is 5.02 Å². The Hall–Kier alpha value is -1.22. The summed E-state index contributed by atoms with van der Waals surface area (Å²) in [4.78, 5) is 11.6. The highest BCUT2D eigenvalue weighted by molar-refractivity contribution is 6.31. The van der Waals surface area contributed by atoms with Crippen LogP contribution >= 0.6 is 11.6 Å². The Kier molecular flexibility index (Phi) is 3.97. The number of nitrogen functional groups attached to an aromatic ring is 1. The lowest BCUT2D eigenvalue weighted by Crippen LogP contribution is -2.14. The zero-order chi connectivity index (χ0) is 11.4. The molecule has 0 saturated carbocycles. The van der Waals surface area contributed by atoms with Crippen LogP contribution in [0.3, 0.4) is 0 Å². The van der Waals surface area contributed by atoms with Gasteiger partial charge in [-0.15, -0.1) is 0 Å². The molecule has 0 aliphatic rings. The van der Waals surface area contributed by atoms with Gasteiger partial charge in [0, 0.05) is 10.7 Å². The van der Waals surface area contributed by atoms with E-state index in [-0.39, 0.29) is 6.10 Å². The first kappa shape index (κ1) is 11.9. The molecule has 1 atom stereocenters. The van der Waals surface area contributed by atoms with Crippen molar-refractivity contribution in [2.24, 2.45) is 0 Å². The molecule has 1 aromatic carbocycles. The summed E-state index contributed by atoms with van der Waals surface area (Å²) in [5, 5.41) is 0.436. The molecule has 1 rings (SSSR count). The number of benzene rings is 1. The van der Waals surface area contributed by atoms with Gasteiger partial charge in [-0.3, -0.25) is 0 Å². The van der Waals surface area contributed by atoms with Gasteiger partial charge in [-0.05, 0) is 31.5 Å². The van der Waals surface area contributed by atoms with Crippen LogP contribution in [0, 0.1) is 0 Å². The largest absolute Gasteiger partial charge is 0.459 e. The van der Waals surface area contributed by atoms with Crippen molar-refractivity contribution in [3.63, 3.8) is 0 Å². The molecule has 1 aromatic rings. The second kappa shape index (κ2) is 5.03. The number of esters is 1. The van der Waals surface area contributed by atoms with Gasteiger partial charge in [0.25, 0.3) is 0 Å². The van der Waals surface area contributed by atoms with Crippen LogP contribution in [0.1, 0.15) is 30.6 Å². The molecule has 82 valence electrons. The summed E-state index contributed by atoms with van der Waals surface area (Å²) in [7, 11) is 0. The van der Waals surface area contributed by atoms with Gasteiger partial charge in [0.05, 0.1) is 11.7 Å². The van der Waals surface area contributed by atoms with E-state index in [1.807, 2.05) is 13.8 Å². The Labute approximate surface area is 94.2 Å². The maximum atomic E-state index is 11.6.